The van der Waals surface area contributed by atoms with E-state index in [1.54, 1.807) is 0 Å². The van der Waals surface area contributed by atoms with Crippen LogP contribution in [0.25, 0.3) is 0 Å². The molecule has 0 spiro atoms. The van der Waals surface area contributed by atoms with Crippen molar-refractivity contribution in [3.05, 3.63) is 0 Å². The molecule has 0 radical (unpaired) electrons. The number of rotatable bonds is 10. The maximum absolute atomic E-state index is 11.4. The first-order chi connectivity index (χ1) is 8.07. The fourth-order valence-corrected chi connectivity index (χ4v) is 1.17. The summed E-state index contributed by atoms with van der Waals surface area (Å²) in [6, 6.07) is 0.503. The maximum atomic E-state index is 11.4. The first-order valence-electron chi connectivity index (χ1n) is 6.33. The van der Waals surface area contributed by atoms with E-state index in [1.807, 2.05) is 14.0 Å². The number of carbonyl (C=O) groups excluding carboxylic acids is 1. The van der Waals surface area contributed by atoms with E-state index in [0.717, 1.165) is 19.6 Å². The lowest BCUT2D eigenvalue weighted by atomic mass is 10.3. The third-order valence-electron chi connectivity index (χ3n) is 2.57. The fraction of sp³-hybridized carbons (Fsp3) is 0.917. The number of hydrogen-bond donors (Lipinski definition) is 2. The molecule has 0 aliphatic carbocycles. The molecule has 0 atom stereocenters. The van der Waals surface area contributed by atoms with Gasteiger partial charge in [0.05, 0.1) is 6.61 Å². The van der Waals surface area contributed by atoms with Crippen LogP contribution in [0.1, 0.15) is 23.6 Å². The Kier molecular flexibility index (Phi) is 10.1. The molecule has 5 nitrogen and oxygen atoms in total. The van der Waals surface area contributed by atoms with Gasteiger partial charge in [-0.25, -0.2) is 0 Å². The summed E-state index contributed by atoms with van der Waals surface area (Å²) in [6.07, 6.45) is 0. The molecule has 5 heteroatoms. The first-order valence-corrected chi connectivity index (χ1v) is 6.33. The molecule has 0 heterocycles. The standard InChI is InChI=1S/C12H27N3O2.2H2/c1-5-13-7-9-17-10-12(16)14-6-8-15(4)11(2)3;;/h11,13H,5-10H2,1-4H3,(H,14,16);2*1H. The van der Waals surface area contributed by atoms with E-state index < -0.39 is 0 Å². The molecular formula is C12H31N3O2. The number of amides is 1. The van der Waals surface area contributed by atoms with E-state index in [-0.39, 0.29) is 15.4 Å². The van der Waals surface area contributed by atoms with Gasteiger partial charge in [-0.1, -0.05) is 6.92 Å². The van der Waals surface area contributed by atoms with Gasteiger partial charge in [0, 0.05) is 28.5 Å². The summed E-state index contributed by atoms with van der Waals surface area (Å²) >= 11 is 0. The third-order valence-corrected chi connectivity index (χ3v) is 2.57. The Balaban J connectivity index is -0.00000128. The van der Waals surface area contributed by atoms with E-state index in [2.05, 4.69) is 29.4 Å². The van der Waals surface area contributed by atoms with Crippen molar-refractivity contribution in [3.63, 3.8) is 0 Å². The largest absolute Gasteiger partial charge is 0.370 e. The highest BCUT2D eigenvalue weighted by Crippen LogP contribution is 1.90. The molecule has 106 valence electrons. The molecule has 2 N–H and O–H groups in total. The van der Waals surface area contributed by atoms with Gasteiger partial charge in [-0.3, -0.25) is 4.79 Å². The molecule has 17 heavy (non-hydrogen) atoms. The van der Waals surface area contributed by atoms with Crippen molar-refractivity contribution in [2.75, 3.05) is 46.4 Å². The van der Waals surface area contributed by atoms with Gasteiger partial charge >= 0.3 is 0 Å². The summed E-state index contributed by atoms with van der Waals surface area (Å²) in [5.74, 6) is -0.0429. The fourth-order valence-electron chi connectivity index (χ4n) is 1.17. The Labute approximate surface area is 108 Å². The molecule has 0 aromatic heterocycles. The highest BCUT2D eigenvalue weighted by Gasteiger charge is 2.04. The predicted molar refractivity (Wildman–Crippen MR) is 74.4 cm³/mol. The quantitative estimate of drug-likeness (QED) is 0.556. The number of ether oxygens (including phenoxy) is 1. The van der Waals surface area contributed by atoms with E-state index in [1.165, 1.54) is 0 Å². The Morgan fingerprint density at radius 1 is 1.41 bits per heavy atom. The zero-order valence-electron chi connectivity index (χ0n) is 11.6. The van der Waals surface area contributed by atoms with Crippen molar-refractivity contribution >= 4 is 5.91 Å². The summed E-state index contributed by atoms with van der Waals surface area (Å²) in [6.45, 7) is 10.3. The first kappa shape index (κ1) is 16.4. The number of likely N-dealkylation sites (N-methyl/N-ethyl adjacent to an activating group) is 2. The highest BCUT2D eigenvalue weighted by molar-refractivity contribution is 5.77. The van der Waals surface area contributed by atoms with Crippen molar-refractivity contribution in [2.24, 2.45) is 0 Å². The van der Waals surface area contributed by atoms with E-state index >= 15 is 0 Å². The van der Waals surface area contributed by atoms with Crippen LogP contribution in [0.5, 0.6) is 0 Å². The summed E-state index contributed by atoms with van der Waals surface area (Å²) in [4.78, 5) is 13.5. The van der Waals surface area contributed by atoms with Gasteiger partial charge < -0.3 is 20.3 Å². The topological polar surface area (TPSA) is 53.6 Å². The molecule has 0 aromatic rings. The van der Waals surface area contributed by atoms with Crippen molar-refractivity contribution < 1.29 is 12.4 Å². The third kappa shape index (κ3) is 10.2. The molecule has 0 saturated carbocycles. The minimum Gasteiger partial charge on any atom is -0.370 e. The molecule has 1 amide bonds. The lowest BCUT2D eigenvalue weighted by Crippen LogP contribution is -2.37. The second-order valence-electron chi connectivity index (χ2n) is 4.33. The van der Waals surface area contributed by atoms with Crippen LogP contribution in [-0.4, -0.2) is 63.3 Å². The zero-order valence-corrected chi connectivity index (χ0v) is 11.6. The van der Waals surface area contributed by atoms with Crippen LogP contribution in [0.15, 0.2) is 0 Å². The average molecular weight is 249 g/mol. The van der Waals surface area contributed by atoms with Gasteiger partial charge in [-0.15, -0.1) is 0 Å². The van der Waals surface area contributed by atoms with Crippen LogP contribution in [0.3, 0.4) is 0 Å². The van der Waals surface area contributed by atoms with Gasteiger partial charge in [0.15, 0.2) is 0 Å². The molecule has 0 fully saturated rings. The zero-order chi connectivity index (χ0) is 13.1. The van der Waals surface area contributed by atoms with Gasteiger partial charge in [0.1, 0.15) is 6.61 Å². The molecule has 0 aliphatic rings. The average Bonchev–Trinajstić information content (AvgIpc) is 2.28. The summed E-state index contributed by atoms with van der Waals surface area (Å²) in [7, 11) is 2.05. The molecule has 0 aromatic carbocycles. The number of hydrogen-bond acceptors (Lipinski definition) is 4. The summed E-state index contributed by atoms with van der Waals surface area (Å²) < 4.78 is 5.21. The lowest BCUT2D eigenvalue weighted by molar-refractivity contribution is -0.125. The highest BCUT2D eigenvalue weighted by atomic mass is 16.5. The Morgan fingerprint density at radius 2 is 2.12 bits per heavy atom. The Bertz CT molecular complexity index is 207. The van der Waals surface area contributed by atoms with Gasteiger partial charge in [0.2, 0.25) is 5.91 Å². The van der Waals surface area contributed by atoms with Gasteiger partial charge in [0.25, 0.3) is 0 Å². The SMILES string of the molecule is CCNCCOCC(=O)NCCN(C)C(C)C.[HH].[HH]. The summed E-state index contributed by atoms with van der Waals surface area (Å²) in [5, 5.41) is 5.96. The van der Waals surface area contributed by atoms with Crippen LogP contribution < -0.4 is 10.6 Å². The molecule has 0 unspecified atom stereocenters. The van der Waals surface area contributed by atoms with Crippen LogP contribution in [0.4, 0.5) is 0 Å². The summed E-state index contributed by atoms with van der Waals surface area (Å²) in [5.41, 5.74) is 0. The number of nitrogens with one attached hydrogen (secondary N) is 2. The van der Waals surface area contributed by atoms with Crippen molar-refractivity contribution in [1.82, 2.24) is 15.5 Å². The monoisotopic (exact) mass is 249 g/mol. The maximum Gasteiger partial charge on any atom is 0.246 e. The molecule has 0 saturated heterocycles. The Hall–Kier alpha value is -0.650. The van der Waals surface area contributed by atoms with Crippen LogP contribution in [0.2, 0.25) is 0 Å². The smallest absolute Gasteiger partial charge is 0.246 e. The lowest BCUT2D eigenvalue weighted by Gasteiger charge is -2.20. The van der Waals surface area contributed by atoms with Gasteiger partial charge in [-0.2, -0.15) is 0 Å². The van der Waals surface area contributed by atoms with Crippen LogP contribution in [-0.2, 0) is 9.53 Å². The number of nitrogens with zero attached hydrogens (tertiary/aromatic N) is 1. The van der Waals surface area contributed by atoms with Gasteiger partial charge in [-0.05, 0) is 27.4 Å². The predicted octanol–water partition coefficient (Wildman–Crippen LogP) is 0.561. The minimum atomic E-state index is -0.0429. The van der Waals surface area contributed by atoms with E-state index in [9.17, 15) is 4.79 Å². The van der Waals surface area contributed by atoms with Crippen LogP contribution in [0, 0.1) is 0 Å². The van der Waals surface area contributed by atoms with Crippen molar-refractivity contribution in [2.45, 2.75) is 26.8 Å². The second-order valence-corrected chi connectivity index (χ2v) is 4.33. The van der Waals surface area contributed by atoms with Crippen molar-refractivity contribution in [3.8, 4) is 0 Å². The van der Waals surface area contributed by atoms with Crippen LogP contribution >= 0.6 is 0 Å². The van der Waals surface area contributed by atoms with Crippen molar-refractivity contribution in [1.29, 1.82) is 0 Å². The normalized spacial score (nSPS) is 11.2. The molecule has 0 bridgehead atoms. The number of carbonyl (C=O) groups is 1. The van der Waals surface area contributed by atoms with E-state index in [4.69, 9.17) is 4.74 Å². The van der Waals surface area contributed by atoms with E-state index in [0.29, 0.717) is 19.2 Å². The second kappa shape index (κ2) is 10.5. The molecular weight excluding hydrogens is 218 g/mol. The Morgan fingerprint density at radius 3 is 2.71 bits per heavy atom. The molecule has 0 aliphatic heterocycles. The minimum absolute atomic E-state index is 0. The molecule has 0 rings (SSSR count).